The minimum Gasteiger partial charge on any atom is -0.334 e. The highest BCUT2D eigenvalue weighted by Gasteiger charge is 2.19. The minimum atomic E-state index is -0.416. The number of halogens is 3. The standard InChI is InChI=1S/C12H11BrClFN2O/c1-2-4-8(14)11-16-12(18-17-11)10-7(13)5-3-6-9(10)15/h3,5-6,8H,2,4H2,1H3. The van der Waals surface area contributed by atoms with Crippen molar-refractivity contribution in [1.82, 2.24) is 10.1 Å². The molecule has 0 fully saturated rings. The van der Waals surface area contributed by atoms with Gasteiger partial charge in [-0.25, -0.2) is 4.39 Å². The number of hydrogen-bond acceptors (Lipinski definition) is 3. The Hall–Kier alpha value is -0.940. The maximum Gasteiger partial charge on any atom is 0.262 e. The maximum atomic E-state index is 13.7. The average molecular weight is 334 g/mol. The summed E-state index contributed by atoms with van der Waals surface area (Å²) in [5.41, 5.74) is 0.261. The van der Waals surface area contributed by atoms with Gasteiger partial charge in [0.25, 0.3) is 5.89 Å². The number of rotatable bonds is 4. The smallest absolute Gasteiger partial charge is 0.262 e. The first-order chi connectivity index (χ1) is 8.63. The van der Waals surface area contributed by atoms with Crippen LogP contribution in [-0.2, 0) is 0 Å². The molecule has 0 aliphatic rings. The average Bonchev–Trinajstić information content (AvgIpc) is 2.78. The van der Waals surface area contributed by atoms with E-state index in [0.717, 1.165) is 12.8 Å². The van der Waals surface area contributed by atoms with Crippen LogP contribution in [0.3, 0.4) is 0 Å². The lowest BCUT2D eigenvalue weighted by Crippen LogP contribution is -1.93. The molecule has 0 aliphatic carbocycles. The number of benzene rings is 1. The molecule has 1 heterocycles. The number of aromatic nitrogens is 2. The second-order valence-electron chi connectivity index (χ2n) is 3.81. The Morgan fingerprint density at radius 2 is 2.28 bits per heavy atom. The largest absolute Gasteiger partial charge is 0.334 e. The molecule has 6 heteroatoms. The van der Waals surface area contributed by atoms with E-state index in [2.05, 4.69) is 26.1 Å². The highest BCUT2D eigenvalue weighted by molar-refractivity contribution is 9.10. The van der Waals surface area contributed by atoms with Crippen molar-refractivity contribution >= 4 is 27.5 Å². The zero-order valence-corrected chi connectivity index (χ0v) is 12.0. The predicted octanol–water partition coefficient (Wildman–Crippen LogP) is 4.72. The molecule has 1 aromatic heterocycles. The Bertz CT molecular complexity index is 526. The Morgan fingerprint density at radius 1 is 1.50 bits per heavy atom. The van der Waals surface area contributed by atoms with Crippen LogP contribution in [0.15, 0.2) is 27.2 Å². The lowest BCUT2D eigenvalue weighted by molar-refractivity contribution is 0.418. The summed E-state index contributed by atoms with van der Waals surface area (Å²) in [6.45, 7) is 2.02. The molecule has 0 saturated heterocycles. The highest BCUT2D eigenvalue weighted by atomic mass is 79.9. The Kier molecular flexibility index (Phi) is 4.35. The molecular formula is C12H11BrClFN2O. The van der Waals surface area contributed by atoms with Crippen molar-refractivity contribution in [3.8, 4) is 11.5 Å². The van der Waals surface area contributed by atoms with Crippen molar-refractivity contribution < 1.29 is 8.91 Å². The molecule has 0 saturated carbocycles. The lowest BCUT2D eigenvalue weighted by atomic mass is 10.2. The van der Waals surface area contributed by atoms with Crippen LogP contribution in [0.5, 0.6) is 0 Å². The Morgan fingerprint density at radius 3 is 2.94 bits per heavy atom. The fourth-order valence-corrected chi connectivity index (χ4v) is 2.37. The van der Waals surface area contributed by atoms with Crippen LogP contribution in [0, 0.1) is 5.82 Å². The minimum absolute atomic E-state index is 0.136. The Balaban J connectivity index is 2.35. The number of nitrogens with zero attached hydrogens (tertiary/aromatic N) is 2. The van der Waals surface area contributed by atoms with Gasteiger partial charge in [0.05, 0.1) is 10.9 Å². The van der Waals surface area contributed by atoms with Gasteiger partial charge in [-0.2, -0.15) is 4.98 Å². The van der Waals surface area contributed by atoms with Gasteiger partial charge in [0.15, 0.2) is 5.82 Å². The summed E-state index contributed by atoms with van der Waals surface area (Å²) in [6, 6.07) is 4.66. The van der Waals surface area contributed by atoms with E-state index in [0.29, 0.717) is 10.3 Å². The lowest BCUT2D eigenvalue weighted by Gasteiger charge is -2.01. The Labute approximate surface area is 117 Å². The molecule has 0 aliphatic heterocycles. The highest BCUT2D eigenvalue weighted by Crippen LogP contribution is 2.31. The quantitative estimate of drug-likeness (QED) is 0.760. The topological polar surface area (TPSA) is 38.9 Å². The van der Waals surface area contributed by atoms with Gasteiger partial charge in [-0.3, -0.25) is 0 Å². The first kappa shape index (κ1) is 13.5. The van der Waals surface area contributed by atoms with Gasteiger partial charge < -0.3 is 4.52 Å². The van der Waals surface area contributed by atoms with E-state index in [9.17, 15) is 4.39 Å². The SMILES string of the molecule is CCCC(Cl)c1noc(-c2c(F)cccc2Br)n1. The van der Waals surface area contributed by atoms with E-state index in [1.165, 1.54) is 6.07 Å². The third-order valence-electron chi connectivity index (χ3n) is 2.44. The fraction of sp³-hybridized carbons (Fsp3) is 0.333. The molecule has 96 valence electrons. The summed E-state index contributed by atoms with van der Waals surface area (Å²) in [7, 11) is 0. The van der Waals surface area contributed by atoms with E-state index >= 15 is 0 Å². The molecule has 2 aromatic rings. The normalized spacial score (nSPS) is 12.7. The van der Waals surface area contributed by atoms with Crippen molar-refractivity contribution in [2.45, 2.75) is 25.1 Å². The molecule has 0 N–H and O–H groups in total. The van der Waals surface area contributed by atoms with Gasteiger partial charge in [-0.1, -0.05) is 24.6 Å². The van der Waals surface area contributed by atoms with Crippen LogP contribution >= 0.6 is 27.5 Å². The van der Waals surface area contributed by atoms with Gasteiger partial charge >= 0.3 is 0 Å². The first-order valence-corrected chi connectivity index (χ1v) is 6.78. The fourth-order valence-electron chi connectivity index (χ4n) is 1.55. The van der Waals surface area contributed by atoms with Gasteiger partial charge in [0.1, 0.15) is 5.82 Å². The molecule has 0 radical (unpaired) electrons. The third kappa shape index (κ3) is 2.72. The summed E-state index contributed by atoms with van der Waals surface area (Å²) >= 11 is 9.36. The molecule has 0 spiro atoms. The predicted molar refractivity (Wildman–Crippen MR) is 70.9 cm³/mol. The number of hydrogen-bond donors (Lipinski definition) is 0. The van der Waals surface area contributed by atoms with Crippen molar-refractivity contribution in [2.75, 3.05) is 0 Å². The third-order valence-corrected chi connectivity index (χ3v) is 3.51. The molecule has 0 bridgehead atoms. The van der Waals surface area contributed by atoms with Crippen molar-refractivity contribution in [3.05, 3.63) is 34.3 Å². The molecule has 1 atom stereocenters. The summed E-state index contributed by atoms with van der Waals surface area (Å²) in [5, 5.41) is 3.48. The summed E-state index contributed by atoms with van der Waals surface area (Å²) in [5.74, 6) is 0.113. The second-order valence-corrected chi connectivity index (χ2v) is 5.19. The molecule has 3 nitrogen and oxygen atoms in total. The maximum absolute atomic E-state index is 13.7. The van der Waals surface area contributed by atoms with E-state index in [4.69, 9.17) is 16.1 Å². The van der Waals surface area contributed by atoms with Crippen LogP contribution in [0.4, 0.5) is 4.39 Å². The molecule has 18 heavy (non-hydrogen) atoms. The van der Waals surface area contributed by atoms with Crippen LogP contribution in [0.25, 0.3) is 11.5 Å². The van der Waals surface area contributed by atoms with Gasteiger partial charge in [-0.15, -0.1) is 11.6 Å². The molecule has 1 aromatic carbocycles. The monoisotopic (exact) mass is 332 g/mol. The van der Waals surface area contributed by atoms with E-state index in [1.54, 1.807) is 12.1 Å². The van der Waals surface area contributed by atoms with E-state index in [-0.39, 0.29) is 16.8 Å². The molecule has 1 unspecified atom stereocenters. The first-order valence-electron chi connectivity index (χ1n) is 5.55. The van der Waals surface area contributed by atoms with E-state index in [1.807, 2.05) is 6.92 Å². The number of alkyl halides is 1. The molecule has 0 amide bonds. The van der Waals surface area contributed by atoms with Crippen molar-refractivity contribution in [2.24, 2.45) is 0 Å². The summed E-state index contributed by atoms with van der Waals surface area (Å²) in [6.07, 6.45) is 1.67. The van der Waals surface area contributed by atoms with E-state index < -0.39 is 5.82 Å². The summed E-state index contributed by atoms with van der Waals surface area (Å²) in [4.78, 5) is 4.14. The van der Waals surface area contributed by atoms with Crippen LogP contribution < -0.4 is 0 Å². The van der Waals surface area contributed by atoms with Crippen LogP contribution in [-0.4, -0.2) is 10.1 Å². The second kappa shape index (κ2) is 5.80. The van der Waals surface area contributed by atoms with Gasteiger partial charge in [0, 0.05) is 4.47 Å². The zero-order valence-electron chi connectivity index (χ0n) is 9.66. The van der Waals surface area contributed by atoms with Crippen molar-refractivity contribution in [1.29, 1.82) is 0 Å². The van der Waals surface area contributed by atoms with Crippen molar-refractivity contribution in [3.63, 3.8) is 0 Å². The zero-order chi connectivity index (χ0) is 13.1. The van der Waals surface area contributed by atoms with Gasteiger partial charge in [-0.05, 0) is 34.5 Å². The van der Waals surface area contributed by atoms with Crippen LogP contribution in [0.1, 0.15) is 31.0 Å². The molecule has 2 rings (SSSR count). The van der Waals surface area contributed by atoms with Gasteiger partial charge in [0.2, 0.25) is 0 Å². The summed E-state index contributed by atoms with van der Waals surface area (Å²) < 4.78 is 19.3. The molecular weight excluding hydrogens is 322 g/mol. The van der Waals surface area contributed by atoms with Crippen LogP contribution in [0.2, 0.25) is 0 Å².